The van der Waals surface area contributed by atoms with Crippen LogP contribution in [0.3, 0.4) is 0 Å². The Morgan fingerprint density at radius 3 is 2.36 bits per heavy atom. The fraction of sp³-hybridized carbons (Fsp3) is 0.381. The normalized spacial score (nSPS) is 15.0. The largest absolute Gasteiger partial charge is 0.346 e. The summed E-state index contributed by atoms with van der Waals surface area (Å²) >= 11 is 1.09. The van der Waals surface area contributed by atoms with Crippen molar-refractivity contribution in [3.05, 3.63) is 48.2 Å². The predicted molar refractivity (Wildman–Crippen MR) is 120 cm³/mol. The molecule has 12 heteroatoms. The van der Waals surface area contributed by atoms with E-state index in [1.165, 1.54) is 22.6 Å². The van der Waals surface area contributed by atoms with Gasteiger partial charge in [-0.1, -0.05) is 24.6 Å². The Hall–Kier alpha value is -2.57. The highest BCUT2D eigenvalue weighted by atomic mass is 32.2. The number of nitrogens with one attached hydrogen (secondary N) is 2. The summed E-state index contributed by atoms with van der Waals surface area (Å²) in [6.45, 7) is 0.657. The molecule has 2 aromatic rings. The predicted octanol–water partition coefficient (Wildman–Crippen LogP) is 2.77. The first-order chi connectivity index (χ1) is 15.8. The molecule has 0 saturated carbocycles. The van der Waals surface area contributed by atoms with Crippen LogP contribution >= 0.6 is 11.8 Å². The van der Waals surface area contributed by atoms with Crippen LogP contribution in [0.2, 0.25) is 0 Å². The van der Waals surface area contributed by atoms with Gasteiger partial charge in [0.1, 0.15) is 4.90 Å². The average molecular weight is 499 g/mol. The van der Waals surface area contributed by atoms with E-state index in [2.05, 4.69) is 15.6 Å². The van der Waals surface area contributed by atoms with E-state index in [-0.39, 0.29) is 22.9 Å². The molecule has 1 fully saturated rings. The number of pyridine rings is 1. The number of halogens is 2. The van der Waals surface area contributed by atoms with Crippen LogP contribution in [-0.4, -0.2) is 54.9 Å². The molecule has 1 saturated heterocycles. The molecule has 1 aliphatic rings. The van der Waals surface area contributed by atoms with Crippen LogP contribution in [0, 0.1) is 11.6 Å². The molecule has 0 atom stereocenters. The zero-order valence-electron chi connectivity index (χ0n) is 17.7. The van der Waals surface area contributed by atoms with Gasteiger partial charge in [-0.3, -0.25) is 9.59 Å². The van der Waals surface area contributed by atoms with E-state index in [4.69, 9.17) is 0 Å². The van der Waals surface area contributed by atoms with Crippen LogP contribution < -0.4 is 10.6 Å². The molecule has 8 nitrogen and oxygen atoms in total. The van der Waals surface area contributed by atoms with Gasteiger partial charge in [0.25, 0.3) is 0 Å². The minimum absolute atomic E-state index is 0.0380. The third-order valence-corrected chi connectivity index (χ3v) is 7.74. The zero-order valence-corrected chi connectivity index (χ0v) is 19.4. The first-order valence-electron chi connectivity index (χ1n) is 10.4. The lowest BCUT2D eigenvalue weighted by atomic mass is 10.2. The van der Waals surface area contributed by atoms with Gasteiger partial charge in [-0.15, -0.1) is 0 Å². The number of hydrogen-bond acceptors (Lipinski definition) is 6. The van der Waals surface area contributed by atoms with Gasteiger partial charge in [0.2, 0.25) is 21.8 Å². The fourth-order valence-electron chi connectivity index (χ4n) is 3.18. The van der Waals surface area contributed by atoms with Crippen LogP contribution in [0.1, 0.15) is 25.7 Å². The average Bonchev–Trinajstić information content (AvgIpc) is 3.09. The molecule has 2 N–H and O–H groups in total. The van der Waals surface area contributed by atoms with E-state index >= 15 is 0 Å². The van der Waals surface area contributed by atoms with Gasteiger partial charge in [0.05, 0.1) is 17.3 Å². The van der Waals surface area contributed by atoms with Gasteiger partial charge in [-0.2, -0.15) is 4.31 Å². The van der Waals surface area contributed by atoms with Crippen molar-refractivity contribution >= 4 is 39.3 Å². The summed E-state index contributed by atoms with van der Waals surface area (Å²) < 4.78 is 53.1. The molecule has 0 unspecified atom stereocenters. The van der Waals surface area contributed by atoms with Gasteiger partial charge in [-0.05, 0) is 37.1 Å². The second kappa shape index (κ2) is 11.5. The van der Waals surface area contributed by atoms with Crippen molar-refractivity contribution in [3.8, 4) is 0 Å². The van der Waals surface area contributed by atoms with Crippen LogP contribution in [0.25, 0.3) is 0 Å². The van der Waals surface area contributed by atoms with E-state index in [1.54, 1.807) is 6.07 Å². The molecule has 1 aliphatic heterocycles. The summed E-state index contributed by atoms with van der Waals surface area (Å²) in [5.41, 5.74) is 0.0712. The number of benzene rings is 1. The molecule has 33 heavy (non-hydrogen) atoms. The van der Waals surface area contributed by atoms with E-state index in [1.807, 2.05) is 0 Å². The van der Waals surface area contributed by atoms with Crippen molar-refractivity contribution in [3.63, 3.8) is 0 Å². The van der Waals surface area contributed by atoms with Crippen molar-refractivity contribution in [2.45, 2.75) is 35.6 Å². The van der Waals surface area contributed by atoms with E-state index in [0.29, 0.717) is 18.1 Å². The van der Waals surface area contributed by atoms with Crippen molar-refractivity contribution in [1.29, 1.82) is 0 Å². The molecule has 1 aromatic carbocycles. The number of thioether (sulfide) groups is 1. The highest BCUT2D eigenvalue weighted by Gasteiger charge is 2.25. The third kappa shape index (κ3) is 7.21. The Morgan fingerprint density at radius 2 is 1.73 bits per heavy atom. The van der Waals surface area contributed by atoms with E-state index < -0.39 is 33.5 Å². The highest BCUT2D eigenvalue weighted by Crippen LogP contribution is 2.22. The zero-order chi connectivity index (χ0) is 23.8. The van der Waals surface area contributed by atoms with E-state index in [0.717, 1.165) is 49.6 Å². The number of anilines is 1. The number of nitrogens with zero attached hydrogens (tertiary/aromatic N) is 2. The second-order valence-electron chi connectivity index (χ2n) is 7.39. The Labute approximate surface area is 195 Å². The number of hydrogen-bond donors (Lipinski definition) is 2. The van der Waals surface area contributed by atoms with Crippen molar-refractivity contribution in [1.82, 2.24) is 14.6 Å². The number of carbonyl (C=O) groups is 2. The minimum atomic E-state index is -3.59. The topological polar surface area (TPSA) is 108 Å². The number of aromatic nitrogens is 1. The first-order valence-corrected chi connectivity index (χ1v) is 12.8. The Balaban J connectivity index is 1.45. The lowest BCUT2D eigenvalue weighted by molar-refractivity contribution is -0.122. The number of carbonyl (C=O) groups excluding carboxylic acids is 2. The highest BCUT2D eigenvalue weighted by molar-refractivity contribution is 7.99. The maximum absolute atomic E-state index is 13.2. The molecule has 0 spiro atoms. The Morgan fingerprint density at radius 1 is 1.00 bits per heavy atom. The summed E-state index contributed by atoms with van der Waals surface area (Å²) in [6, 6.07) is 5.95. The molecule has 1 aromatic heterocycles. The van der Waals surface area contributed by atoms with Crippen LogP contribution in [0.4, 0.5) is 14.5 Å². The number of rotatable bonds is 8. The monoisotopic (exact) mass is 498 g/mol. The molecule has 0 aliphatic carbocycles. The number of amides is 2. The number of sulfonamides is 1. The van der Waals surface area contributed by atoms with Crippen LogP contribution in [0.15, 0.2) is 46.5 Å². The lowest BCUT2D eigenvalue weighted by Gasteiger charge is -2.19. The SMILES string of the molecule is O=C(CSc1ccc(S(=O)(=O)N2CCCCCC2)cn1)NCC(=O)Nc1ccc(F)c(F)c1. The Kier molecular flexibility index (Phi) is 8.75. The van der Waals surface area contributed by atoms with Crippen molar-refractivity contribution in [2.24, 2.45) is 0 Å². The summed E-state index contributed by atoms with van der Waals surface area (Å²) in [5, 5.41) is 5.23. The molecule has 3 rings (SSSR count). The molecule has 2 heterocycles. The first kappa shape index (κ1) is 25.1. The van der Waals surface area contributed by atoms with E-state index in [9.17, 15) is 26.8 Å². The van der Waals surface area contributed by atoms with Gasteiger partial charge in [-0.25, -0.2) is 22.2 Å². The molecule has 0 radical (unpaired) electrons. The van der Waals surface area contributed by atoms with Gasteiger partial charge >= 0.3 is 0 Å². The summed E-state index contributed by atoms with van der Waals surface area (Å²) in [5.74, 6) is -3.20. The smallest absolute Gasteiger partial charge is 0.244 e. The van der Waals surface area contributed by atoms with Crippen LogP contribution in [0.5, 0.6) is 0 Å². The standard InChI is InChI=1S/C21H24F2N4O4S2/c22-17-7-5-15(11-18(17)23)26-19(28)13-24-20(29)14-32-21-8-6-16(12-25-21)33(30,31)27-9-3-1-2-4-10-27/h5-8,11-12H,1-4,9-10,13-14H2,(H,24,29)(H,26,28). The quantitative estimate of drug-likeness (QED) is 0.542. The Bertz CT molecular complexity index is 1090. The molecular formula is C21H24F2N4O4S2. The van der Waals surface area contributed by atoms with Gasteiger partial charge in [0, 0.05) is 31.0 Å². The molecule has 2 amide bonds. The fourth-order valence-corrected chi connectivity index (χ4v) is 5.32. The maximum Gasteiger partial charge on any atom is 0.244 e. The maximum atomic E-state index is 13.2. The van der Waals surface area contributed by atoms with Gasteiger partial charge in [0.15, 0.2) is 11.6 Å². The summed E-state index contributed by atoms with van der Waals surface area (Å²) in [4.78, 5) is 28.1. The molecular weight excluding hydrogens is 474 g/mol. The molecule has 0 bridgehead atoms. The molecule has 178 valence electrons. The van der Waals surface area contributed by atoms with Crippen LogP contribution in [-0.2, 0) is 19.6 Å². The lowest BCUT2D eigenvalue weighted by Crippen LogP contribution is -2.33. The summed E-state index contributed by atoms with van der Waals surface area (Å²) in [7, 11) is -3.59. The van der Waals surface area contributed by atoms with Crippen molar-refractivity contribution in [2.75, 3.05) is 30.7 Å². The minimum Gasteiger partial charge on any atom is -0.346 e. The second-order valence-corrected chi connectivity index (χ2v) is 10.3. The third-order valence-electron chi connectivity index (χ3n) is 4.91. The van der Waals surface area contributed by atoms with Crippen molar-refractivity contribution < 1.29 is 26.8 Å². The van der Waals surface area contributed by atoms with Gasteiger partial charge < -0.3 is 10.6 Å². The summed E-state index contributed by atoms with van der Waals surface area (Å²) in [6.07, 6.45) is 5.02.